The number of methoxy groups -OCH3 is 1. The Kier molecular flexibility index (Phi) is 6.01. The maximum Gasteiger partial charge on any atom is 0.342 e. The zero-order chi connectivity index (χ0) is 20.1. The Bertz CT molecular complexity index is 883. The Balaban J connectivity index is 2.16. The quantitative estimate of drug-likeness (QED) is 0.469. The summed E-state index contributed by atoms with van der Waals surface area (Å²) >= 11 is 0. The SMILES string of the molecule is COc1ccc([N+](=O)[O-])cc1C(=O)O[C@@H](C)C(=O)Nc1c(F)cccc1F. The van der Waals surface area contributed by atoms with E-state index in [-0.39, 0.29) is 17.0 Å². The molecule has 0 bridgehead atoms. The average Bonchev–Trinajstić information content (AvgIpc) is 2.63. The van der Waals surface area contributed by atoms with Gasteiger partial charge in [-0.25, -0.2) is 13.6 Å². The van der Waals surface area contributed by atoms with Gasteiger partial charge in [-0.15, -0.1) is 0 Å². The Morgan fingerprint density at radius 1 is 1.19 bits per heavy atom. The molecule has 0 fully saturated rings. The van der Waals surface area contributed by atoms with Crippen molar-refractivity contribution >= 4 is 23.3 Å². The van der Waals surface area contributed by atoms with Crippen LogP contribution in [-0.2, 0) is 9.53 Å². The maximum atomic E-state index is 13.6. The van der Waals surface area contributed by atoms with Crippen molar-refractivity contribution < 1.29 is 32.8 Å². The fourth-order valence-electron chi connectivity index (χ4n) is 2.09. The molecule has 0 spiro atoms. The van der Waals surface area contributed by atoms with Crippen LogP contribution >= 0.6 is 0 Å². The third-order valence-electron chi connectivity index (χ3n) is 3.48. The van der Waals surface area contributed by atoms with Crippen LogP contribution in [0.4, 0.5) is 20.2 Å². The topological polar surface area (TPSA) is 108 Å². The van der Waals surface area contributed by atoms with Crippen molar-refractivity contribution in [3.05, 3.63) is 63.7 Å². The lowest BCUT2D eigenvalue weighted by Gasteiger charge is -2.15. The van der Waals surface area contributed by atoms with Gasteiger partial charge in [-0.2, -0.15) is 0 Å². The number of esters is 1. The minimum atomic E-state index is -1.44. The van der Waals surface area contributed by atoms with Crippen LogP contribution in [0.5, 0.6) is 5.75 Å². The predicted molar refractivity (Wildman–Crippen MR) is 89.5 cm³/mol. The molecule has 0 radical (unpaired) electrons. The number of carbonyl (C=O) groups is 2. The summed E-state index contributed by atoms with van der Waals surface area (Å²) in [5.74, 6) is -4.06. The van der Waals surface area contributed by atoms with Crippen molar-refractivity contribution in [2.75, 3.05) is 12.4 Å². The smallest absolute Gasteiger partial charge is 0.342 e. The lowest BCUT2D eigenvalue weighted by Crippen LogP contribution is -2.30. The highest BCUT2D eigenvalue weighted by Crippen LogP contribution is 2.25. The summed E-state index contributed by atoms with van der Waals surface area (Å²) in [6.45, 7) is 1.18. The van der Waals surface area contributed by atoms with Crippen LogP contribution < -0.4 is 10.1 Å². The van der Waals surface area contributed by atoms with E-state index in [0.29, 0.717) is 0 Å². The Morgan fingerprint density at radius 2 is 1.81 bits per heavy atom. The van der Waals surface area contributed by atoms with E-state index < -0.39 is 40.2 Å². The van der Waals surface area contributed by atoms with Gasteiger partial charge in [0, 0.05) is 12.1 Å². The van der Waals surface area contributed by atoms with Gasteiger partial charge >= 0.3 is 5.97 Å². The van der Waals surface area contributed by atoms with Crippen LogP contribution in [0.25, 0.3) is 0 Å². The number of para-hydroxylation sites is 1. The molecule has 0 saturated heterocycles. The zero-order valence-electron chi connectivity index (χ0n) is 14.2. The first-order valence-corrected chi connectivity index (χ1v) is 7.53. The molecule has 0 aliphatic heterocycles. The molecular weight excluding hydrogens is 366 g/mol. The maximum absolute atomic E-state index is 13.6. The first-order valence-electron chi connectivity index (χ1n) is 7.53. The van der Waals surface area contributed by atoms with E-state index in [2.05, 4.69) is 0 Å². The molecule has 2 aromatic carbocycles. The molecule has 1 amide bonds. The fourth-order valence-corrected chi connectivity index (χ4v) is 2.09. The first kappa shape index (κ1) is 19.8. The molecule has 10 heteroatoms. The van der Waals surface area contributed by atoms with Crippen molar-refractivity contribution in [2.24, 2.45) is 0 Å². The van der Waals surface area contributed by atoms with E-state index in [4.69, 9.17) is 9.47 Å². The number of carbonyl (C=O) groups excluding carboxylic acids is 2. The molecule has 0 aliphatic carbocycles. The molecule has 0 saturated carbocycles. The summed E-state index contributed by atoms with van der Waals surface area (Å²) in [5.41, 5.74) is -1.34. The number of rotatable bonds is 6. The van der Waals surface area contributed by atoms with Crippen LogP contribution in [0.1, 0.15) is 17.3 Å². The molecule has 27 heavy (non-hydrogen) atoms. The van der Waals surface area contributed by atoms with Crippen molar-refractivity contribution in [2.45, 2.75) is 13.0 Å². The number of nitrogens with zero attached hydrogens (tertiary/aromatic N) is 1. The molecule has 1 N–H and O–H groups in total. The van der Waals surface area contributed by atoms with E-state index >= 15 is 0 Å². The summed E-state index contributed by atoms with van der Waals surface area (Å²) in [4.78, 5) is 34.4. The van der Waals surface area contributed by atoms with Gasteiger partial charge < -0.3 is 14.8 Å². The van der Waals surface area contributed by atoms with Gasteiger partial charge in [-0.1, -0.05) is 6.07 Å². The fraction of sp³-hybridized carbons (Fsp3) is 0.176. The third-order valence-corrected chi connectivity index (χ3v) is 3.48. The number of benzene rings is 2. The van der Waals surface area contributed by atoms with Crippen LogP contribution in [0.15, 0.2) is 36.4 Å². The normalized spacial score (nSPS) is 11.4. The summed E-state index contributed by atoms with van der Waals surface area (Å²) in [6, 6.07) is 6.29. The highest BCUT2D eigenvalue weighted by atomic mass is 19.1. The number of halogens is 2. The van der Waals surface area contributed by atoms with Crippen molar-refractivity contribution in [1.29, 1.82) is 0 Å². The molecule has 2 rings (SSSR count). The van der Waals surface area contributed by atoms with E-state index in [1.165, 1.54) is 20.1 Å². The van der Waals surface area contributed by atoms with Crippen molar-refractivity contribution in [3.8, 4) is 5.75 Å². The van der Waals surface area contributed by atoms with Gasteiger partial charge in [0.2, 0.25) is 0 Å². The molecule has 1 atom stereocenters. The molecular formula is C17H14F2N2O6. The summed E-state index contributed by atoms with van der Waals surface area (Å²) < 4.78 is 37.0. The predicted octanol–water partition coefficient (Wildman–Crippen LogP) is 3.07. The summed E-state index contributed by atoms with van der Waals surface area (Å²) in [7, 11) is 1.25. The molecule has 0 heterocycles. The van der Waals surface area contributed by atoms with Crippen LogP contribution in [0.3, 0.4) is 0 Å². The molecule has 8 nitrogen and oxygen atoms in total. The van der Waals surface area contributed by atoms with Gasteiger partial charge in [0.15, 0.2) is 6.10 Å². The number of hydrogen-bond donors (Lipinski definition) is 1. The van der Waals surface area contributed by atoms with Crippen molar-refractivity contribution in [1.82, 2.24) is 0 Å². The summed E-state index contributed by atoms with van der Waals surface area (Å²) in [5, 5.41) is 12.8. The summed E-state index contributed by atoms with van der Waals surface area (Å²) in [6.07, 6.45) is -1.44. The molecule has 0 unspecified atom stereocenters. The van der Waals surface area contributed by atoms with Crippen LogP contribution in [0.2, 0.25) is 0 Å². The van der Waals surface area contributed by atoms with E-state index in [1.54, 1.807) is 0 Å². The number of anilines is 1. The van der Waals surface area contributed by atoms with Gasteiger partial charge in [0.1, 0.15) is 28.6 Å². The number of non-ortho nitro benzene ring substituents is 1. The molecule has 0 aromatic heterocycles. The van der Waals surface area contributed by atoms with Crippen LogP contribution in [-0.4, -0.2) is 30.0 Å². The second-order valence-electron chi connectivity index (χ2n) is 5.28. The third kappa shape index (κ3) is 4.54. The highest BCUT2D eigenvalue weighted by molar-refractivity contribution is 5.98. The number of nitro groups is 1. The number of amides is 1. The number of nitro benzene ring substituents is 1. The monoisotopic (exact) mass is 380 g/mol. The minimum absolute atomic E-state index is 0.00152. The van der Waals surface area contributed by atoms with E-state index in [0.717, 1.165) is 30.3 Å². The highest BCUT2D eigenvalue weighted by Gasteiger charge is 2.24. The van der Waals surface area contributed by atoms with E-state index in [9.17, 15) is 28.5 Å². The lowest BCUT2D eigenvalue weighted by molar-refractivity contribution is -0.384. The first-order chi connectivity index (χ1) is 12.7. The Morgan fingerprint density at radius 3 is 2.37 bits per heavy atom. The van der Waals surface area contributed by atoms with Crippen LogP contribution in [0, 0.1) is 21.7 Å². The van der Waals surface area contributed by atoms with Gasteiger partial charge in [-0.3, -0.25) is 14.9 Å². The van der Waals surface area contributed by atoms with Gasteiger partial charge in [0.05, 0.1) is 12.0 Å². The minimum Gasteiger partial charge on any atom is -0.496 e. The largest absolute Gasteiger partial charge is 0.496 e. The Labute approximate surface area is 151 Å². The number of ether oxygens (including phenoxy) is 2. The van der Waals surface area contributed by atoms with Gasteiger partial charge in [0.25, 0.3) is 11.6 Å². The van der Waals surface area contributed by atoms with Gasteiger partial charge in [-0.05, 0) is 25.1 Å². The number of hydrogen-bond acceptors (Lipinski definition) is 6. The zero-order valence-corrected chi connectivity index (χ0v) is 14.2. The molecule has 2 aromatic rings. The van der Waals surface area contributed by atoms with Crippen molar-refractivity contribution in [3.63, 3.8) is 0 Å². The molecule has 0 aliphatic rings. The average molecular weight is 380 g/mol. The molecule has 142 valence electrons. The standard InChI is InChI=1S/C17H14F2N2O6/c1-9(16(22)20-15-12(18)4-3-5-13(15)19)27-17(23)11-8-10(21(24)25)6-7-14(11)26-2/h3-9H,1-2H3,(H,20,22)/t9-/m0/s1. The lowest BCUT2D eigenvalue weighted by atomic mass is 10.1. The van der Waals surface area contributed by atoms with E-state index in [1.807, 2.05) is 5.32 Å². The number of nitrogens with one attached hydrogen (secondary N) is 1. The Hall–Kier alpha value is -3.56. The second-order valence-corrected chi connectivity index (χ2v) is 5.28. The second kappa shape index (κ2) is 8.21.